The third kappa shape index (κ3) is 2.42. The molecule has 3 rings (SSSR count). The molecule has 1 aliphatic heterocycles. The van der Waals surface area contributed by atoms with E-state index in [0.29, 0.717) is 5.69 Å². The molecule has 106 valence electrons. The molecule has 0 unspecified atom stereocenters. The van der Waals surface area contributed by atoms with Crippen molar-refractivity contribution in [2.75, 3.05) is 11.4 Å². The van der Waals surface area contributed by atoms with E-state index in [1.807, 2.05) is 0 Å². The summed E-state index contributed by atoms with van der Waals surface area (Å²) in [5, 5.41) is 0. The van der Waals surface area contributed by atoms with E-state index < -0.39 is 17.5 Å². The highest BCUT2D eigenvalue weighted by Crippen LogP contribution is 2.29. The van der Waals surface area contributed by atoms with E-state index in [2.05, 4.69) is 0 Å². The number of ketones is 1. The Balaban J connectivity index is 2.03. The van der Waals surface area contributed by atoms with Crippen LogP contribution in [0.15, 0.2) is 42.5 Å². The lowest BCUT2D eigenvalue weighted by atomic mass is 9.99. The molecule has 3 nitrogen and oxygen atoms in total. The van der Waals surface area contributed by atoms with Gasteiger partial charge in [-0.15, -0.1) is 0 Å². The molecule has 0 fully saturated rings. The van der Waals surface area contributed by atoms with Crippen LogP contribution in [0.3, 0.4) is 0 Å². The number of nitrogens with zero attached hydrogens (tertiary/aromatic N) is 1. The number of Topliss-reactive ketones (excluding diaryl/α,β-unsaturated/α-hetero) is 1. The summed E-state index contributed by atoms with van der Waals surface area (Å²) >= 11 is 0. The number of fused-ring (bicyclic) bond motifs is 1. The first-order valence-electron chi connectivity index (χ1n) is 6.46. The van der Waals surface area contributed by atoms with Crippen molar-refractivity contribution in [1.29, 1.82) is 0 Å². The van der Waals surface area contributed by atoms with Crippen molar-refractivity contribution in [3.8, 4) is 0 Å². The number of carbonyl (C=O) groups is 2. The van der Waals surface area contributed by atoms with Crippen LogP contribution in [0.4, 0.5) is 14.5 Å². The molecule has 0 N–H and O–H groups in total. The lowest BCUT2D eigenvalue weighted by Gasteiger charge is -2.28. The van der Waals surface area contributed by atoms with Crippen LogP contribution in [0, 0.1) is 11.6 Å². The monoisotopic (exact) mass is 287 g/mol. The summed E-state index contributed by atoms with van der Waals surface area (Å²) < 4.78 is 26.5. The van der Waals surface area contributed by atoms with Crippen LogP contribution < -0.4 is 4.90 Å². The highest BCUT2D eigenvalue weighted by molar-refractivity contribution is 6.13. The summed E-state index contributed by atoms with van der Waals surface area (Å²) in [6.45, 7) is 0.201. The molecule has 2 aromatic carbocycles. The Hall–Kier alpha value is -2.56. The Morgan fingerprint density at radius 1 is 1.05 bits per heavy atom. The third-order valence-corrected chi connectivity index (χ3v) is 3.43. The molecule has 0 spiro atoms. The first-order chi connectivity index (χ1) is 10.1. The highest BCUT2D eigenvalue weighted by Gasteiger charge is 2.28. The first kappa shape index (κ1) is 13.4. The zero-order chi connectivity index (χ0) is 15.0. The van der Waals surface area contributed by atoms with Crippen LogP contribution >= 0.6 is 0 Å². The van der Waals surface area contributed by atoms with Gasteiger partial charge >= 0.3 is 0 Å². The van der Waals surface area contributed by atoms with E-state index in [0.717, 1.165) is 12.1 Å². The molecule has 0 atom stereocenters. The summed E-state index contributed by atoms with van der Waals surface area (Å²) in [6, 6.07) is 9.07. The number of hydrogen-bond donors (Lipinski definition) is 0. The van der Waals surface area contributed by atoms with Crippen molar-refractivity contribution in [3.63, 3.8) is 0 Å². The maximum absolute atomic E-state index is 13.3. The standard InChI is InChI=1S/C16H11F2NO2/c17-11-3-1-2-10(8-11)16(21)19-7-6-15(20)13-9-12(18)4-5-14(13)19/h1-5,8-9H,6-7H2. The second-order valence-electron chi connectivity index (χ2n) is 4.80. The minimum Gasteiger partial charge on any atom is -0.307 e. The third-order valence-electron chi connectivity index (χ3n) is 3.43. The molecule has 1 heterocycles. The molecule has 1 aliphatic rings. The predicted octanol–water partition coefficient (Wildman–Crippen LogP) is 3.20. The molecule has 0 radical (unpaired) electrons. The number of amides is 1. The molecule has 2 aromatic rings. The summed E-state index contributed by atoms with van der Waals surface area (Å²) in [5.41, 5.74) is 0.743. The van der Waals surface area contributed by atoms with Gasteiger partial charge < -0.3 is 4.90 Å². The van der Waals surface area contributed by atoms with Gasteiger partial charge in [-0.3, -0.25) is 9.59 Å². The zero-order valence-electron chi connectivity index (χ0n) is 11.0. The average Bonchev–Trinajstić information content (AvgIpc) is 2.47. The normalized spacial score (nSPS) is 14.0. The van der Waals surface area contributed by atoms with E-state index in [1.54, 1.807) is 0 Å². The number of rotatable bonds is 1. The second-order valence-corrected chi connectivity index (χ2v) is 4.80. The maximum atomic E-state index is 13.3. The van der Waals surface area contributed by atoms with Gasteiger partial charge in [0, 0.05) is 24.1 Å². The SMILES string of the molecule is O=C1CCN(C(=O)c2cccc(F)c2)c2ccc(F)cc21. The molecule has 0 aliphatic carbocycles. The Morgan fingerprint density at radius 2 is 1.81 bits per heavy atom. The van der Waals surface area contributed by atoms with Gasteiger partial charge in [-0.2, -0.15) is 0 Å². The van der Waals surface area contributed by atoms with Gasteiger partial charge in [-0.1, -0.05) is 6.07 Å². The Bertz CT molecular complexity index is 743. The molecular weight excluding hydrogens is 276 g/mol. The molecule has 0 bridgehead atoms. The summed E-state index contributed by atoms with van der Waals surface area (Å²) in [4.78, 5) is 25.7. The van der Waals surface area contributed by atoms with E-state index >= 15 is 0 Å². The summed E-state index contributed by atoms with van der Waals surface area (Å²) in [6.07, 6.45) is 0.123. The lowest BCUT2D eigenvalue weighted by molar-refractivity contribution is 0.0954. The highest BCUT2D eigenvalue weighted by atomic mass is 19.1. The number of hydrogen-bond acceptors (Lipinski definition) is 2. The van der Waals surface area contributed by atoms with Gasteiger partial charge in [-0.25, -0.2) is 8.78 Å². The molecule has 1 amide bonds. The smallest absolute Gasteiger partial charge is 0.258 e. The lowest BCUT2D eigenvalue weighted by Crippen LogP contribution is -2.37. The van der Waals surface area contributed by atoms with Gasteiger partial charge in [0.2, 0.25) is 0 Å². The molecule has 21 heavy (non-hydrogen) atoms. The minimum atomic E-state index is -0.526. The zero-order valence-corrected chi connectivity index (χ0v) is 11.0. The number of anilines is 1. The van der Waals surface area contributed by atoms with Crippen LogP contribution in [0.25, 0.3) is 0 Å². The average molecular weight is 287 g/mol. The van der Waals surface area contributed by atoms with Gasteiger partial charge in [0.25, 0.3) is 5.91 Å². The van der Waals surface area contributed by atoms with E-state index in [-0.39, 0.29) is 29.9 Å². The molecule has 5 heteroatoms. The Kier molecular flexibility index (Phi) is 3.25. The fourth-order valence-corrected chi connectivity index (χ4v) is 2.42. The molecule has 0 saturated heterocycles. The predicted molar refractivity (Wildman–Crippen MR) is 73.4 cm³/mol. The quantitative estimate of drug-likeness (QED) is 0.807. The van der Waals surface area contributed by atoms with Crippen molar-refractivity contribution in [3.05, 3.63) is 65.2 Å². The Morgan fingerprint density at radius 3 is 2.57 bits per heavy atom. The van der Waals surface area contributed by atoms with Crippen molar-refractivity contribution in [2.24, 2.45) is 0 Å². The van der Waals surface area contributed by atoms with Crippen LogP contribution in [0.1, 0.15) is 27.1 Å². The number of benzene rings is 2. The largest absolute Gasteiger partial charge is 0.307 e. The fraction of sp³-hybridized carbons (Fsp3) is 0.125. The maximum Gasteiger partial charge on any atom is 0.258 e. The van der Waals surface area contributed by atoms with E-state index in [1.165, 1.54) is 35.2 Å². The van der Waals surface area contributed by atoms with Crippen molar-refractivity contribution >= 4 is 17.4 Å². The van der Waals surface area contributed by atoms with Gasteiger partial charge in [0.15, 0.2) is 5.78 Å². The van der Waals surface area contributed by atoms with Crippen LogP contribution in [-0.4, -0.2) is 18.2 Å². The minimum absolute atomic E-state index is 0.123. The molecular formula is C16H11F2NO2. The molecule has 0 saturated carbocycles. The fourth-order valence-electron chi connectivity index (χ4n) is 2.42. The van der Waals surface area contributed by atoms with Crippen LogP contribution in [0.5, 0.6) is 0 Å². The van der Waals surface area contributed by atoms with E-state index in [9.17, 15) is 18.4 Å². The van der Waals surface area contributed by atoms with Gasteiger partial charge in [0.05, 0.1) is 5.69 Å². The van der Waals surface area contributed by atoms with Crippen molar-refractivity contribution in [1.82, 2.24) is 0 Å². The second kappa shape index (κ2) is 5.09. The van der Waals surface area contributed by atoms with E-state index in [4.69, 9.17) is 0 Å². The first-order valence-corrected chi connectivity index (χ1v) is 6.46. The molecule has 0 aromatic heterocycles. The summed E-state index contributed by atoms with van der Waals surface area (Å²) in [7, 11) is 0. The van der Waals surface area contributed by atoms with Crippen molar-refractivity contribution in [2.45, 2.75) is 6.42 Å². The Labute approximate surface area is 119 Å². The number of halogens is 2. The van der Waals surface area contributed by atoms with Crippen LogP contribution in [-0.2, 0) is 0 Å². The number of carbonyl (C=O) groups excluding carboxylic acids is 2. The van der Waals surface area contributed by atoms with Gasteiger partial charge in [0.1, 0.15) is 11.6 Å². The van der Waals surface area contributed by atoms with Crippen LogP contribution in [0.2, 0.25) is 0 Å². The van der Waals surface area contributed by atoms with Gasteiger partial charge in [-0.05, 0) is 36.4 Å². The summed E-state index contributed by atoms with van der Waals surface area (Å²) in [5.74, 6) is -1.64. The van der Waals surface area contributed by atoms with Crippen molar-refractivity contribution < 1.29 is 18.4 Å². The topological polar surface area (TPSA) is 37.4 Å².